The van der Waals surface area contributed by atoms with Crippen molar-refractivity contribution in [3.63, 3.8) is 0 Å². The highest BCUT2D eigenvalue weighted by Crippen LogP contribution is 2.60. The molecule has 3 aromatic carbocycles. The van der Waals surface area contributed by atoms with Gasteiger partial charge in [0.05, 0.1) is 18.3 Å². The van der Waals surface area contributed by atoms with Gasteiger partial charge in [-0.1, -0.05) is 229 Å². The van der Waals surface area contributed by atoms with Gasteiger partial charge in [-0.2, -0.15) is 0 Å². The van der Waals surface area contributed by atoms with E-state index < -0.39 is 26.1 Å². The van der Waals surface area contributed by atoms with Gasteiger partial charge in [0.25, 0.3) is 0 Å². The first-order chi connectivity index (χ1) is 25.6. The third kappa shape index (κ3) is 19.8. The van der Waals surface area contributed by atoms with Gasteiger partial charge in [0.2, 0.25) is 0 Å². The van der Waals surface area contributed by atoms with Crippen LogP contribution in [0.15, 0.2) is 91.0 Å². The van der Waals surface area contributed by atoms with E-state index >= 15 is 4.57 Å². The van der Waals surface area contributed by atoms with Gasteiger partial charge in [-0.3, -0.25) is 13.6 Å². The summed E-state index contributed by atoms with van der Waals surface area (Å²) >= 11 is 0. The molecule has 0 aliphatic rings. The van der Waals surface area contributed by atoms with Gasteiger partial charge in [0.1, 0.15) is 0 Å². The zero-order valence-corrected chi connectivity index (χ0v) is 35.3. The van der Waals surface area contributed by atoms with Crippen LogP contribution in [0, 0.1) is 17.8 Å². The Balaban J connectivity index is 1.90. The average Bonchev–Trinajstić information content (AvgIpc) is 3.15. The summed E-state index contributed by atoms with van der Waals surface area (Å²) in [5.41, 5.74) is 3.06. The van der Waals surface area contributed by atoms with Crippen molar-refractivity contribution in [1.29, 1.82) is 0 Å². The molecule has 296 valence electrons. The number of phosphoric acid groups is 1. The van der Waals surface area contributed by atoms with E-state index in [1.807, 2.05) is 54.6 Å². The summed E-state index contributed by atoms with van der Waals surface area (Å²) in [5.74, 6) is 2.18. The van der Waals surface area contributed by atoms with Crippen molar-refractivity contribution in [3.8, 4) is 0 Å². The number of phosphoric ester groups is 1. The van der Waals surface area contributed by atoms with E-state index in [-0.39, 0.29) is 0 Å². The predicted octanol–water partition coefficient (Wildman–Crippen LogP) is 16.4. The average molecular weight is 747 g/mol. The molecule has 0 heterocycles. The van der Waals surface area contributed by atoms with E-state index in [1.165, 1.54) is 57.8 Å². The van der Waals surface area contributed by atoms with Crippen molar-refractivity contribution in [2.45, 2.75) is 175 Å². The molecule has 0 aliphatic carbocycles. The lowest BCUT2D eigenvalue weighted by molar-refractivity contribution is 0.0211. The zero-order valence-electron chi connectivity index (χ0n) is 34.4. The molecule has 0 saturated carbocycles. The van der Waals surface area contributed by atoms with E-state index in [1.54, 1.807) is 0 Å². The minimum absolute atomic E-state index is 0.396. The van der Waals surface area contributed by atoms with Crippen LogP contribution < -0.4 is 0 Å². The molecule has 0 spiro atoms. The quantitative estimate of drug-likeness (QED) is 0.0503. The molecular weight excluding hydrogens is 671 g/mol. The van der Waals surface area contributed by atoms with Gasteiger partial charge in [-0.15, -0.1) is 0 Å². The first-order valence-corrected chi connectivity index (χ1v) is 22.9. The molecule has 0 amide bonds. The fourth-order valence-electron chi connectivity index (χ4n) is 7.09. The summed E-state index contributed by atoms with van der Waals surface area (Å²) in [6.07, 6.45) is 18.6. The maximum absolute atomic E-state index is 15.5. The third-order valence-electron chi connectivity index (χ3n) is 10.3. The van der Waals surface area contributed by atoms with Crippen molar-refractivity contribution in [2.24, 2.45) is 17.8 Å². The fourth-order valence-corrected chi connectivity index (χ4v) is 8.86. The molecule has 5 heteroatoms. The van der Waals surface area contributed by atoms with Gasteiger partial charge in [0, 0.05) is 0 Å². The second kappa shape index (κ2) is 26.6. The lowest BCUT2D eigenvalue weighted by Crippen LogP contribution is -2.13. The van der Waals surface area contributed by atoms with Crippen molar-refractivity contribution >= 4 is 7.82 Å². The van der Waals surface area contributed by atoms with E-state index in [2.05, 4.69) is 77.9 Å². The van der Waals surface area contributed by atoms with Gasteiger partial charge in [-0.05, 0) is 53.7 Å². The molecule has 3 unspecified atom stereocenters. The van der Waals surface area contributed by atoms with Crippen molar-refractivity contribution in [1.82, 2.24) is 0 Å². The maximum atomic E-state index is 15.5. The number of unbranched alkanes of at least 4 members (excludes halogenated alkanes) is 9. The Kier molecular flexibility index (Phi) is 22.6. The van der Waals surface area contributed by atoms with Crippen LogP contribution in [0.1, 0.15) is 192 Å². The highest BCUT2D eigenvalue weighted by molar-refractivity contribution is 7.48. The van der Waals surface area contributed by atoms with Gasteiger partial charge in [0.15, 0.2) is 0 Å². The number of hydrogen-bond acceptors (Lipinski definition) is 4. The SMILES string of the molecule is CC(C)CCCCCCC(OP(=O)(OC(CCCCCCC(C)C)c1ccccc1)OC(CCCCCCC(C)C)c1ccccc1)c1ccccc1. The summed E-state index contributed by atoms with van der Waals surface area (Å²) < 4.78 is 36.0. The molecule has 0 aliphatic heterocycles. The minimum atomic E-state index is -4.11. The zero-order chi connectivity index (χ0) is 38.2. The second-order valence-electron chi connectivity index (χ2n) is 16.6. The van der Waals surface area contributed by atoms with Gasteiger partial charge < -0.3 is 0 Å². The molecule has 4 nitrogen and oxygen atoms in total. The van der Waals surface area contributed by atoms with Crippen molar-refractivity contribution < 1.29 is 18.1 Å². The largest absolute Gasteiger partial charge is 0.476 e. The van der Waals surface area contributed by atoms with Gasteiger partial charge >= 0.3 is 7.82 Å². The van der Waals surface area contributed by atoms with Crippen LogP contribution in [0.25, 0.3) is 0 Å². The highest BCUT2D eigenvalue weighted by atomic mass is 31.2. The number of benzene rings is 3. The first kappa shape index (κ1) is 45.2. The van der Waals surface area contributed by atoms with E-state index in [4.69, 9.17) is 13.6 Å². The van der Waals surface area contributed by atoms with Crippen molar-refractivity contribution in [3.05, 3.63) is 108 Å². The summed E-state index contributed by atoms with van der Waals surface area (Å²) in [6, 6.07) is 30.9. The van der Waals surface area contributed by atoms with E-state index in [0.717, 1.165) is 92.2 Å². The smallest absolute Gasteiger partial charge is 0.279 e. The molecule has 3 atom stereocenters. The van der Waals surface area contributed by atoms with Crippen LogP contribution in [0.5, 0.6) is 0 Å². The highest BCUT2D eigenvalue weighted by Gasteiger charge is 2.38. The Labute approximate surface area is 325 Å². The molecule has 53 heavy (non-hydrogen) atoms. The minimum Gasteiger partial charge on any atom is -0.279 e. The predicted molar refractivity (Wildman–Crippen MR) is 226 cm³/mol. The Morgan fingerprint density at radius 1 is 0.358 bits per heavy atom. The number of rotatable bonds is 30. The molecule has 0 aromatic heterocycles. The lowest BCUT2D eigenvalue weighted by Gasteiger charge is -2.31. The Morgan fingerprint density at radius 3 is 0.811 bits per heavy atom. The van der Waals surface area contributed by atoms with Crippen LogP contribution in [0.2, 0.25) is 0 Å². The van der Waals surface area contributed by atoms with E-state index in [0.29, 0.717) is 0 Å². The first-order valence-electron chi connectivity index (χ1n) is 21.4. The molecule has 3 rings (SSSR count). The molecule has 0 bridgehead atoms. The van der Waals surface area contributed by atoms with E-state index in [9.17, 15) is 0 Å². The van der Waals surface area contributed by atoms with Gasteiger partial charge in [-0.25, -0.2) is 4.57 Å². The van der Waals surface area contributed by atoms with Crippen LogP contribution in [-0.2, 0) is 18.1 Å². The second-order valence-corrected chi connectivity index (χ2v) is 18.1. The molecule has 0 radical (unpaired) electrons. The molecule has 0 saturated heterocycles. The normalized spacial score (nSPS) is 14.8. The fraction of sp³-hybridized carbons (Fsp3) is 0.625. The molecule has 3 aromatic rings. The standard InChI is InChI=1S/C48H75O4P/c1-40(2)28-16-7-10-25-37-46(43-31-19-13-20-32-43)50-53(49,51-47(44-33-21-14-22-34-44)38-26-11-8-17-29-41(3)4)52-48(45-35-23-15-24-36-45)39-27-12-9-18-30-42(5)6/h13-15,19-24,31-36,40-42,46-48H,7-12,16-18,25-30,37-39H2,1-6H3. The summed E-state index contributed by atoms with van der Waals surface area (Å²) in [4.78, 5) is 0. The van der Waals surface area contributed by atoms with Crippen LogP contribution in [0.4, 0.5) is 0 Å². The maximum Gasteiger partial charge on any atom is 0.476 e. The molecular formula is C48H75O4P. The Morgan fingerprint density at radius 2 is 0.585 bits per heavy atom. The number of hydrogen-bond donors (Lipinski definition) is 0. The Bertz CT molecular complexity index is 1180. The summed E-state index contributed by atoms with van der Waals surface area (Å²) in [7, 11) is -4.11. The topological polar surface area (TPSA) is 44.8 Å². The summed E-state index contributed by atoms with van der Waals surface area (Å²) in [5, 5.41) is 0. The van der Waals surface area contributed by atoms with Crippen LogP contribution >= 0.6 is 7.82 Å². The monoisotopic (exact) mass is 747 g/mol. The molecule has 0 fully saturated rings. The van der Waals surface area contributed by atoms with Crippen molar-refractivity contribution in [2.75, 3.05) is 0 Å². The summed E-state index contributed by atoms with van der Waals surface area (Å²) in [6.45, 7) is 13.8. The Hall–Kier alpha value is -2.23. The lowest BCUT2D eigenvalue weighted by atomic mass is 10.0. The third-order valence-corrected chi connectivity index (χ3v) is 11.8. The van der Waals surface area contributed by atoms with Crippen LogP contribution in [0.3, 0.4) is 0 Å². The van der Waals surface area contributed by atoms with Crippen LogP contribution in [-0.4, -0.2) is 0 Å². The molecule has 0 N–H and O–H groups in total.